The summed E-state index contributed by atoms with van der Waals surface area (Å²) in [4.78, 5) is 8.89. The number of aliphatic imine (C=N–C) groups is 1. The minimum Gasteiger partial charge on any atom is -0.475 e. The smallest absolute Gasteiger partial charge is 0.213 e. The van der Waals surface area contributed by atoms with Crippen molar-refractivity contribution in [2.45, 2.75) is 19.9 Å². The molecular weight excluding hydrogens is 364 g/mol. The molecule has 2 rings (SSSR count). The second-order valence-electron chi connectivity index (χ2n) is 5.81. The Morgan fingerprint density at radius 3 is 2.70 bits per heavy atom. The van der Waals surface area contributed by atoms with Gasteiger partial charge in [-0.15, -0.1) is 0 Å². The van der Waals surface area contributed by atoms with Crippen LogP contribution in [0.15, 0.2) is 47.6 Å². The fraction of sp³-hybridized carbons (Fsp3) is 0.400. The Balaban J connectivity index is 1.84. The third-order valence-electron chi connectivity index (χ3n) is 3.74. The van der Waals surface area contributed by atoms with E-state index < -0.39 is 0 Å². The summed E-state index contributed by atoms with van der Waals surface area (Å²) in [5.41, 5.74) is 2.13. The Bertz CT molecular complexity index is 707. The van der Waals surface area contributed by atoms with Crippen LogP contribution in [-0.2, 0) is 17.7 Å². The molecule has 0 radical (unpaired) electrons. The maximum atomic E-state index is 6.20. The lowest BCUT2D eigenvalue weighted by Gasteiger charge is -2.12. The number of hydrogen-bond donors (Lipinski definition) is 2. The molecule has 0 spiro atoms. The third kappa shape index (κ3) is 7.85. The highest BCUT2D eigenvalue weighted by Crippen LogP contribution is 2.14. The van der Waals surface area contributed by atoms with Gasteiger partial charge in [-0.25, -0.2) is 9.98 Å². The number of guanidine groups is 1. The van der Waals surface area contributed by atoms with Crippen LogP contribution >= 0.6 is 11.6 Å². The van der Waals surface area contributed by atoms with Crippen LogP contribution in [0, 0.1) is 0 Å². The number of aromatic nitrogens is 1. The molecule has 0 aliphatic heterocycles. The van der Waals surface area contributed by atoms with Crippen molar-refractivity contribution < 1.29 is 9.47 Å². The van der Waals surface area contributed by atoms with E-state index in [4.69, 9.17) is 21.1 Å². The van der Waals surface area contributed by atoms with Crippen LogP contribution in [0.4, 0.5) is 0 Å². The summed E-state index contributed by atoms with van der Waals surface area (Å²) in [6, 6.07) is 11.7. The summed E-state index contributed by atoms with van der Waals surface area (Å²) < 4.78 is 10.4. The monoisotopic (exact) mass is 390 g/mol. The first-order valence-corrected chi connectivity index (χ1v) is 9.43. The van der Waals surface area contributed by atoms with E-state index in [1.54, 1.807) is 13.3 Å². The molecule has 27 heavy (non-hydrogen) atoms. The van der Waals surface area contributed by atoms with E-state index in [2.05, 4.69) is 20.6 Å². The first-order chi connectivity index (χ1) is 13.2. The zero-order chi connectivity index (χ0) is 19.3. The van der Waals surface area contributed by atoms with Crippen LogP contribution in [-0.4, -0.2) is 44.4 Å². The van der Waals surface area contributed by atoms with Gasteiger partial charge in [-0.3, -0.25) is 0 Å². The van der Waals surface area contributed by atoms with Crippen molar-refractivity contribution in [2.24, 2.45) is 4.99 Å². The maximum absolute atomic E-state index is 6.20. The molecule has 1 aromatic heterocycles. The van der Waals surface area contributed by atoms with E-state index in [9.17, 15) is 0 Å². The van der Waals surface area contributed by atoms with Gasteiger partial charge in [-0.2, -0.15) is 0 Å². The normalized spacial score (nSPS) is 11.3. The van der Waals surface area contributed by atoms with Crippen molar-refractivity contribution in [3.63, 3.8) is 0 Å². The van der Waals surface area contributed by atoms with Gasteiger partial charge in [-0.1, -0.05) is 35.9 Å². The van der Waals surface area contributed by atoms with E-state index in [-0.39, 0.29) is 0 Å². The van der Waals surface area contributed by atoms with Crippen LogP contribution in [0.3, 0.4) is 0 Å². The molecule has 0 fully saturated rings. The Morgan fingerprint density at radius 1 is 1.15 bits per heavy atom. The standard InChI is InChI=1S/C20H27ClN4O2/c1-3-22-20(23-11-10-17-6-4-5-7-18(17)21)25-15-16-8-9-19(24-14-16)27-13-12-26-2/h4-9,14H,3,10-13,15H2,1-2H3,(H2,22,23,25). The Hall–Kier alpha value is -2.31. The lowest BCUT2D eigenvalue weighted by atomic mass is 10.1. The fourth-order valence-corrected chi connectivity index (χ4v) is 2.58. The number of methoxy groups -OCH3 is 1. The van der Waals surface area contributed by atoms with Gasteiger partial charge in [0.2, 0.25) is 5.88 Å². The molecule has 0 bridgehead atoms. The predicted octanol–water partition coefficient (Wildman–Crippen LogP) is 3.06. The molecule has 0 saturated carbocycles. The van der Waals surface area contributed by atoms with Crippen LogP contribution < -0.4 is 15.4 Å². The molecule has 1 heterocycles. The maximum Gasteiger partial charge on any atom is 0.213 e. The highest BCUT2D eigenvalue weighted by molar-refractivity contribution is 6.31. The van der Waals surface area contributed by atoms with Crippen molar-refractivity contribution in [3.8, 4) is 5.88 Å². The SMILES string of the molecule is CCNC(=NCc1ccc(OCCOC)nc1)NCCc1ccccc1Cl. The molecule has 0 unspecified atom stereocenters. The van der Waals surface area contributed by atoms with Crippen molar-refractivity contribution in [3.05, 3.63) is 58.7 Å². The van der Waals surface area contributed by atoms with E-state index in [1.807, 2.05) is 43.3 Å². The summed E-state index contributed by atoms with van der Waals surface area (Å²) in [5, 5.41) is 7.37. The van der Waals surface area contributed by atoms with Gasteiger partial charge in [0.25, 0.3) is 0 Å². The van der Waals surface area contributed by atoms with Gasteiger partial charge in [0, 0.05) is 37.5 Å². The molecule has 146 valence electrons. The van der Waals surface area contributed by atoms with Crippen molar-refractivity contribution in [2.75, 3.05) is 33.4 Å². The largest absolute Gasteiger partial charge is 0.475 e. The Kier molecular flexibility index (Phi) is 9.44. The summed E-state index contributed by atoms with van der Waals surface area (Å²) >= 11 is 6.20. The van der Waals surface area contributed by atoms with Gasteiger partial charge in [0.1, 0.15) is 6.61 Å². The molecular formula is C20H27ClN4O2. The third-order valence-corrected chi connectivity index (χ3v) is 4.11. The molecule has 2 aromatic rings. The minimum atomic E-state index is 0.487. The summed E-state index contributed by atoms with van der Waals surface area (Å²) in [7, 11) is 1.64. The van der Waals surface area contributed by atoms with Crippen LogP contribution in [0.5, 0.6) is 5.88 Å². The Morgan fingerprint density at radius 2 is 2.00 bits per heavy atom. The van der Waals surface area contributed by atoms with Crippen molar-refractivity contribution in [1.82, 2.24) is 15.6 Å². The average molecular weight is 391 g/mol. The number of rotatable bonds is 10. The van der Waals surface area contributed by atoms with Crippen molar-refractivity contribution in [1.29, 1.82) is 0 Å². The van der Waals surface area contributed by atoms with E-state index in [1.165, 1.54) is 0 Å². The number of nitrogens with one attached hydrogen (secondary N) is 2. The van der Waals surface area contributed by atoms with Gasteiger partial charge in [-0.05, 0) is 30.5 Å². The summed E-state index contributed by atoms with van der Waals surface area (Å²) in [6.07, 6.45) is 2.61. The lowest BCUT2D eigenvalue weighted by Crippen LogP contribution is -2.38. The molecule has 0 amide bonds. The van der Waals surface area contributed by atoms with Gasteiger partial charge in [0.05, 0.1) is 13.2 Å². The Labute approximate surface area is 166 Å². The van der Waals surface area contributed by atoms with E-state index in [0.29, 0.717) is 25.6 Å². The predicted molar refractivity (Wildman–Crippen MR) is 110 cm³/mol. The highest BCUT2D eigenvalue weighted by atomic mass is 35.5. The summed E-state index contributed by atoms with van der Waals surface area (Å²) in [6.45, 7) is 5.15. The first kappa shape index (κ1) is 21.0. The number of halogens is 1. The number of hydrogen-bond acceptors (Lipinski definition) is 4. The van der Waals surface area contributed by atoms with E-state index in [0.717, 1.165) is 41.6 Å². The van der Waals surface area contributed by atoms with E-state index >= 15 is 0 Å². The number of ether oxygens (including phenoxy) is 2. The molecule has 0 aliphatic rings. The number of nitrogens with zero attached hydrogens (tertiary/aromatic N) is 2. The number of benzene rings is 1. The molecule has 0 aliphatic carbocycles. The zero-order valence-corrected chi connectivity index (χ0v) is 16.6. The average Bonchev–Trinajstić information content (AvgIpc) is 2.69. The number of pyridine rings is 1. The molecule has 0 atom stereocenters. The van der Waals surface area contributed by atoms with Gasteiger partial charge < -0.3 is 20.1 Å². The molecule has 0 saturated heterocycles. The highest BCUT2D eigenvalue weighted by Gasteiger charge is 2.02. The zero-order valence-electron chi connectivity index (χ0n) is 15.9. The topological polar surface area (TPSA) is 67.8 Å². The second-order valence-corrected chi connectivity index (χ2v) is 6.22. The van der Waals surface area contributed by atoms with Crippen LogP contribution in [0.1, 0.15) is 18.1 Å². The molecule has 1 aromatic carbocycles. The molecule has 7 heteroatoms. The summed E-state index contributed by atoms with van der Waals surface area (Å²) in [5.74, 6) is 1.36. The molecule has 2 N–H and O–H groups in total. The lowest BCUT2D eigenvalue weighted by molar-refractivity contribution is 0.143. The molecule has 6 nitrogen and oxygen atoms in total. The second kappa shape index (κ2) is 12.1. The van der Waals surface area contributed by atoms with Crippen LogP contribution in [0.25, 0.3) is 0 Å². The minimum absolute atomic E-state index is 0.487. The quantitative estimate of drug-likeness (QED) is 0.371. The van der Waals surface area contributed by atoms with Crippen LogP contribution in [0.2, 0.25) is 5.02 Å². The first-order valence-electron chi connectivity index (χ1n) is 9.05. The fourth-order valence-electron chi connectivity index (χ4n) is 2.35. The van der Waals surface area contributed by atoms with Gasteiger partial charge in [0.15, 0.2) is 5.96 Å². The van der Waals surface area contributed by atoms with Crippen molar-refractivity contribution >= 4 is 17.6 Å². The van der Waals surface area contributed by atoms with Gasteiger partial charge >= 0.3 is 0 Å².